The molecular weight excluding hydrogens is 362 g/mol. The number of thioether (sulfide) groups is 1. The number of benzene rings is 1. The highest BCUT2D eigenvalue weighted by molar-refractivity contribution is 7.98. The molecule has 2 aromatic heterocycles. The Kier molecular flexibility index (Phi) is 5.10. The topological polar surface area (TPSA) is 104 Å². The molecule has 0 atom stereocenters. The van der Waals surface area contributed by atoms with Crippen molar-refractivity contribution in [3.63, 3.8) is 0 Å². The van der Waals surface area contributed by atoms with Crippen molar-refractivity contribution >= 4 is 28.6 Å². The van der Waals surface area contributed by atoms with Gasteiger partial charge in [0.25, 0.3) is 0 Å². The Morgan fingerprint density at radius 1 is 1.30 bits per heavy atom. The molecular formula is C18H21N7OS. The molecule has 9 heteroatoms. The zero-order valence-electron chi connectivity index (χ0n) is 15.2. The van der Waals surface area contributed by atoms with E-state index in [0.29, 0.717) is 17.6 Å². The number of H-pyrrole nitrogens is 2. The van der Waals surface area contributed by atoms with Gasteiger partial charge in [0.1, 0.15) is 29.2 Å². The first-order valence-electron chi connectivity index (χ1n) is 8.72. The van der Waals surface area contributed by atoms with Crippen LogP contribution in [-0.4, -0.2) is 43.5 Å². The van der Waals surface area contributed by atoms with Gasteiger partial charge in [-0.05, 0) is 37.1 Å². The number of ether oxygens (including phenoxy) is 1. The van der Waals surface area contributed by atoms with Crippen LogP contribution in [-0.2, 0) is 6.54 Å². The van der Waals surface area contributed by atoms with Gasteiger partial charge in [0, 0.05) is 11.8 Å². The van der Waals surface area contributed by atoms with E-state index in [-0.39, 0.29) is 0 Å². The summed E-state index contributed by atoms with van der Waals surface area (Å²) >= 11 is 1.48. The van der Waals surface area contributed by atoms with Crippen molar-refractivity contribution in [2.75, 3.05) is 18.7 Å². The zero-order chi connectivity index (χ0) is 18.6. The maximum atomic E-state index is 5.39. The number of nitrogens with zero attached hydrogens (tertiary/aromatic N) is 4. The Morgan fingerprint density at radius 2 is 2.19 bits per heavy atom. The summed E-state index contributed by atoms with van der Waals surface area (Å²) in [5.74, 6) is 2.87. The highest BCUT2D eigenvalue weighted by Gasteiger charge is 2.26. The number of aromatic nitrogens is 6. The van der Waals surface area contributed by atoms with Crippen molar-refractivity contribution in [3.05, 3.63) is 42.1 Å². The molecule has 0 radical (unpaired) electrons. The Bertz CT molecular complexity index is 994. The molecule has 2 heterocycles. The average molecular weight is 383 g/mol. The molecule has 0 saturated heterocycles. The molecule has 3 aromatic rings. The van der Waals surface area contributed by atoms with Crippen LogP contribution in [0, 0.1) is 0 Å². The summed E-state index contributed by atoms with van der Waals surface area (Å²) in [6.45, 7) is 0.517. The Balaban J connectivity index is 1.67. The van der Waals surface area contributed by atoms with Crippen LogP contribution in [0.3, 0.4) is 0 Å². The second-order valence-corrected chi connectivity index (χ2v) is 6.99. The van der Waals surface area contributed by atoms with E-state index >= 15 is 0 Å². The summed E-state index contributed by atoms with van der Waals surface area (Å²) in [4.78, 5) is 17.0. The first-order valence-corrected chi connectivity index (χ1v) is 9.94. The molecule has 1 aliphatic rings. The van der Waals surface area contributed by atoms with Gasteiger partial charge in [-0.1, -0.05) is 17.8 Å². The lowest BCUT2D eigenvalue weighted by Crippen LogP contribution is -2.05. The fourth-order valence-corrected chi connectivity index (χ4v) is 3.23. The first-order chi connectivity index (χ1) is 13.3. The largest absolute Gasteiger partial charge is 0.494 e. The lowest BCUT2D eigenvalue weighted by molar-refractivity contribution is 0.419. The lowest BCUT2D eigenvalue weighted by Gasteiger charge is -2.07. The number of imidazole rings is 1. The third kappa shape index (κ3) is 3.97. The second kappa shape index (κ2) is 7.83. The average Bonchev–Trinajstić information content (AvgIpc) is 3.42. The van der Waals surface area contributed by atoms with Gasteiger partial charge >= 0.3 is 0 Å². The van der Waals surface area contributed by atoms with E-state index in [1.165, 1.54) is 18.1 Å². The van der Waals surface area contributed by atoms with Crippen molar-refractivity contribution in [1.82, 2.24) is 30.1 Å². The summed E-state index contributed by atoms with van der Waals surface area (Å²) in [6.07, 6.45) is 7.65. The molecule has 1 aliphatic carbocycles. The number of methoxy groups -OCH3 is 1. The number of para-hydroxylation sites is 1. The molecule has 4 rings (SSSR count). The van der Waals surface area contributed by atoms with Crippen molar-refractivity contribution in [3.8, 4) is 5.75 Å². The first kappa shape index (κ1) is 17.6. The van der Waals surface area contributed by atoms with Gasteiger partial charge < -0.3 is 15.0 Å². The summed E-state index contributed by atoms with van der Waals surface area (Å²) < 4.78 is 5.39. The molecule has 27 heavy (non-hydrogen) atoms. The van der Waals surface area contributed by atoms with Crippen molar-refractivity contribution < 1.29 is 4.74 Å². The molecule has 1 aromatic carbocycles. The van der Waals surface area contributed by atoms with Crippen molar-refractivity contribution in [2.24, 2.45) is 0 Å². The van der Waals surface area contributed by atoms with Gasteiger partial charge in [0.15, 0.2) is 5.16 Å². The van der Waals surface area contributed by atoms with Crippen molar-refractivity contribution in [2.45, 2.75) is 30.5 Å². The number of rotatable bonds is 6. The molecule has 1 fully saturated rings. The van der Waals surface area contributed by atoms with Crippen LogP contribution in [0.5, 0.6) is 5.75 Å². The molecule has 8 nitrogen and oxygen atoms in total. The summed E-state index contributed by atoms with van der Waals surface area (Å²) in [7, 11) is 1.65. The molecule has 1 saturated carbocycles. The third-order valence-corrected chi connectivity index (χ3v) is 4.93. The molecule has 0 spiro atoms. The van der Waals surface area contributed by atoms with Crippen LogP contribution in [0.1, 0.15) is 30.1 Å². The smallest absolute Gasteiger partial charge is 0.190 e. The Hall–Kier alpha value is -2.81. The minimum absolute atomic E-state index is 0.496. The minimum atomic E-state index is 0.496. The molecule has 0 amide bonds. The van der Waals surface area contributed by atoms with Gasteiger partial charge in [0.2, 0.25) is 0 Å². The van der Waals surface area contributed by atoms with Crippen LogP contribution >= 0.6 is 11.8 Å². The summed E-state index contributed by atoms with van der Waals surface area (Å²) in [5, 5.41) is 11.1. The van der Waals surface area contributed by atoms with Gasteiger partial charge in [-0.25, -0.2) is 15.0 Å². The number of nitrogens with one attached hydrogen (secondary N) is 3. The zero-order valence-corrected chi connectivity index (χ0v) is 16.0. The molecule has 0 bridgehead atoms. The maximum absolute atomic E-state index is 5.39. The highest BCUT2D eigenvalue weighted by Crippen LogP contribution is 2.42. The monoisotopic (exact) mass is 383 g/mol. The van der Waals surface area contributed by atoms with Crippen molar-refractivity contribution in [1.29, 1.82) is 0 Å². The van der Waals surface area contributed by atoms with E-state index in [1.807, 2.05) is 30.7 Å². The molecule has 0 unspecified atom stereocenters. The Morgan fingerprint density at radius 3 is 2.96 bits per heavy atom. The minimum Gasteiger partial charge on any atom is -0.494 e. The number of hydrogen-bond acceptors (Lipinski definition) is 7. The summed E-state index contributed by atoms with van der Waals surface area (Å²) in [5.41, 5.74) is 2.89. The number of fused-ring (bicyclic) bond motifs is 1. The van der Waals surface area contributed by atoms with Gasteiger partial charge in [-0.15, -0.1) is 0 Å². The number of hydrogen-bond donors (Lipinski definition) is 3. The van der Waals surface area contributed by atoms with Gasteiger partial charge in [0.05, 0.1) is 19.2 Å². The van der Waals surface area contributed by atoms with Crippen LogP contribution in [0.4, 0.5) is 5.82 Å². The predicted octanol–water partition coefficient (Wildman–Crippen LogP) is 3.42. The van der Waals surface area contributed by atoms with E-state index in [9.17, 15) is 0 Å². The van der Waals surface area contributed by atoms with Crippen LogP contribution in [0.2, 0.25) is 0 Å². The van der Waals surface area contributed by atoms with E-state index in [0.717, 1.165) is 46.8 Å². The molecule has 3 N–H and O–H groups in total. The molecule has 0 aliphatic heterocycles. The Labute approximate surface area is 160 Å². The van der Waals surface area contributed by atoms with E-state index in [1.54, 1.807) is 7.11 Å². The predicted molar refractivity (Wildman–Crippen MR) is 106 cm³/mol. The quantitative estimate of drug-likeness (QED) is 0.560. The van der Waals surface area contributed by atoms with E-state index in [2.05, 4.69) is 30.5 Å². The summed E-state index contributed by atoms with van der Waals surface area (Å²) in [6, 6.07) is 5.84. The van der Waals surface area contributed by atoms with Gasteiger partial charge in [-0.2, -0.15) is 5.10 Å². The van der Waals surface area contributed by atoms with Crippen LogP contribution in [0.25, 0.3) is 11.0 Å². The second-order valence-electron chi connectivity index (χ2n) is 6.22. The highest BCUT2D eigenvalue weighted by atomic mass is 32.2. The van der Waals surface area contributed by atoms with E-state index < -0.39 is 0 Å². The number of anilines is 1. The molecule has 140 valence electrons. The number of aromatic amines is 2. The normalized spacial score (nSPS) is 13.4. The fourth-order valence-electron chi connectivity index (χ4n) is 2.89. The van der Waals surface area contributed by atoms with E-state index in [4.69, 9.17) is 9.72 Å². The maximum Gasteiger partial charge on any atom is 0.190 e. The van der Waals surface area contributed by atoms with Crippen LogP contribution in [0.15, 0.2) is 35.9 Å². The standard InChI is InChI=1S/C18H21N7OS/c1-26-14-5-3-4-13-16(14)24-15(23-13)9-19-17-12(11-6-7-11)8-21-22-10-20-18(25-17)27-2/h3-5,8,10-11,21H,6-7,9H2,1-2H3,(H,23,24)(H,19,20,22,25). The van der Waals surface area contributed by atoms with Gasteiger partial charge in [-0.3, -0.25) is 5.10 Å². The van der Waals surface area contributed by atoms with Crippen LogP contribution < -0.4 is 10.1 Å². The fraction of sp³-hybridized carbons (Fsp3) is 0.333. The SMILES string of the molecule is COc1cccc2[nH]c(CNc3nc(SC)ncn[nH]cc3C3CC3)nc12. The lowest BCUT2D eigenvalue weighted by atomic mass is 10.2. The third-order valence-electron chi connectivity index (χ3n) is 4.37.